The van der Waals surface area contributed by atoms with E-state index in [1.54, 1.807) is 43.5 Å². The van der Waals surface area contributed by atoms with Gasteiger partial charge >= 0.3 is 0 Å². The lowest BCUT2D eigenvalue weighted by atomic mass is 10.3. The van der Waals surface area contributed by atoms with Crippen molar-refractivity contribution in [2.24, 2.45) is 0 Å². The van der Waals surface area contributed by atoms with E-state index in [9.17, 15) is 9.59 Å². The highest BCUT2D eigenvalue weighted by Crippen LogP contribution is 2.21. The molecule has 0 atom stereocenters. The van der Waals surface area contributed by atoms with E-state index in [4.69, 9.17) is 4.74 Å². The lowest BCUT2D eigenvalue weighted by molar-refractivity contribution is 0.102. The van der Waals surface area contributed by atoms with Crippen LogP contribution in [0.15, 0.2) is 49.1 Å². The minimum Gasteiger partial charge on any atom is -0.497 e. The summed E-state index contributed by atoms with van der Waals surface area (Å²) in [7, 11) is 1.56. The molecule has 0 saturated carbocycles. The number of hydrogen-bond donors (Lipinski definition) is 1. The van der Waals surface area contributed by atoms with Gasteiger partial charge < -0.3 is 10.1 Å². The summed E-state index contributed by atoms with van der Waals surface area (Å²) in [6.07, 6.45) is 1.23. The van der Waals surface area contributed by atoms with Gasteiger partial charge in [-0.25, -0.2) is 0 Å². The smallest absolute Gasteiger partial charge is 0.265 e. The molecule has 0 aliphatic rings. The first kappa shape index (κ1) is 14.0. The third-order valence-electron chi connectivity index (χ3n) is 2.59. The SMILES string of the molecule is C=CC(=O)c1ccc(C(=O)Nc2cccc(OC)c2)s1. The zero-order valence-electron chi connectivity index (χ0n) is 10.9. The molecule has 4 nitrogen and oxygen atoms in total. The summed E-state index contributed by atoms with van der Waals surface area (Å²) in [5, 5.41) is 2.76. The van der Waals surface area contributed by atoms with E-state index >= 15 is 0 Å². The molecule has 0 unspecified atom stereocenters. The van der Waals surface area contributed by atoms with Crippen LogP contribution in [0.25, 0.3) is 0 Å². The van der Waals surface area contributed by atoms with Gasteiger partial charge in [-0.2, -0.15) is 0 Å². The molecular formula is C15H13NO3S. The van der Waals surface area contributed by atoms with Crippen molar-refractivity contribution in [3.8, 4) is 5.75 Å². The molecule has 1 amide bonds. The van der Waals surface area contributed by atoms with Crippen LogP contribution in [0, 0.1) is 0 Å². The predicted molar refractivity (Wildman–Crippen MR) is 79.8 cm³/mol. The highest BCUT2D eigenvalue weighted by atomic mass is 32.1. The van der Waals surface area contributed by atoms with Crippen molar-refractivity contribution in [2.75, 3.05) is 12.4 Å². The zero-order valence-corrected chi connectivity index (χ0v) is 11.7. The summed E-state index contributed by atoms with van der Waals surface area (Å²) in [4.78, 5) is 24.5. The average molecular weight is 287 g/mol. The highest BCUT2D eigenvalue weighted by molar-refractivity contribution is 7.16. The highest BCUT2D eigenvalue weighted by Gasteiger charge is 2.12. The maximum Gasteiger partial charge on any atom is 0.265 e. The van der Waals surface area contributed by atoms with Crippen LogP contribution in [0.4, 0.5) is 5.69 Å². The third-order valence-corrected chi connectivity index (χ3v) is 3.68. The second kappa shape index (κ2) is 6.16. The van der Waals surface area contributed by atoms with Gasteiger partial charge in [-0.3, -0.25) is 9.59 Å². The summed E-state index contributed by atoms with van der Waals surface area (Å²) in [5.74, 6) is 0.221. The molecule has 0 saturated heterocycles. The Morgan fingerprint density at radius 1 is 1.25 bits per heavy atom. The molecule has 0 bridgehead atoms. The Kier molecular flexibility index (Phi) is 4.32. The van der Waals surface area contributed by atoms with Gasteiger partial charge in [0.05, 0.1) is 16.9 Å². The van der Waals surface area contributed by atoms with E-state index in [2.05, 4.69) is 11.9 Å². The number of carbonyl (C=O) groups excluding carboxylic acids is 2. The number of carbonyl (C=O) groups is 2. The second-order valence-corrected chi connectivity index (χ2v) is 5.00. The van der Waals surface area contributed by atoms with Crippen LogP contribution in [0.5, 0.6) is 5.75 Å². The Hall–Kier alpha value is -2.40. The fourth-order valence-electron chi connectivity index (χ4n) is 1.59. The van der Waals surface area contributed by atoms with E-state index in [1.807, 2.05) is 0 Å². The number of anilines is 1. The molecule has 0 aliphatic heterocycles. The molecule has 0 spiro atoms. The van der Waals surface area contributed by atoms with Crippen LogP contribution in [0.1, 0.15) is 19.3 Å². The molecule has 0 radical (unpaired) electrons. The maximum atomic E-state index is 12.1. The number of nitrogens with one attached hydrogen (secondary N) is 1. The van der Waals surface area contributed by atoms with Crippen LogP contribution >= 0.6 is 11.3 Å². The Labute approximate surface area is 120 Å². The van der Waals surface area contributed by atoms with Crippen LogP contribution in [0.2, 0.25) is 0 Å². The molecule has 5 heteroatoms. The molecule has 0 aliphatic carbocycles. The fourth-order valence-corrected chi connectivity index (χ4v) is 2.42. The Morgan fingerprint density at radius 2 is 2.00 bits per heavy atom. The van der Waals surface area contributed by atoms with Gasteiger partial charge in [0, 0.05) is 11.8 Å². The number of rotatable bonds is 5. The van der Waals surface area contributed by atoms with Crippen LogP contribution < -0.4 is 10.1 Å². The minimum absolute atomic E-state index is 0.185. The third kappa shape index (κ3) is 3.13. The molecular weight excluding hydrogens is 274 g/mol. The second-order valence-electron chi connectivity index (χ2n) is 3.92. The molecule has 1 N–H and O–H groups in total. The van der Waals surface area contributed by atoms with Gasteiger partial charge in [0.25, 0.3) is 5.91 Å². The van der Waals surface area contributed by atoms with Crippen molar-refractivity contribution in [1.29, 1.82) is 0 Å². The number of allylic oxidation sites excluding steroid dienone is 1. The van der Waals surface area contributed by atoms with Crippen LogP contribution in [-0.2, 0) is 0 Å². The van der Waals surface area contributed by atoms with Gasteiger partial charge in [-0.05, 0) is 30.3 Å². The average Bonchev–Trinajstić information content (AvgIpc) is 2.96. The fraction of sp³-hybridized carbons (Fsp3) is 0.0667. The van der Waals surface area contributed by atoms with Crippen molar-refractivity contribution in [3.05, 3.63) is 58.8 Å². The molecule has 2 aromatic rings. The summed E-state index contributed by atoms with van der Waals surface area (Å²) in [6, 6.07) is 10.3. The topological polar surface area (TPSA) is 55.4 Å². The van der Waals surface area contributed by atoms with Crippen molar-refractivity contribution >= 4 is 28.7 Å². The molecule has 1 aromatic carbocycles. The Morgan fingerprint density at radius 3 is 2.70 bits per heavy atom. The Balaban J connectivity index is 2.13. The zero-order chi connectivity index (χ0) is 14.5. The van der Waals surface area contributed by atoms with E-state index in [0.717, 1.165) is 11.3 Å². The molecule has 20 heavy (non-hydrogen) atoms. The minimum atomic E-state index is -0.258. The number of methoxy groups -OCH3 is 1. The summed E-state index contributed by atoms with van der Waals surface area (Å²) in [6.45, 7) is 3.42. The number of amides is 1. The van der Waals surface area contributed by atoms with Gasteiger partial charge in [-0.1, -0.05) is 12.6 Å². The summed E-state index contributed by atoms with van der Waals surface area (Å²) >= 11 is 1.14. The lowest BCUT2D eigenvalue weighted by Gasteiger charge is -2.05. The number of thiophene rings is 1. The number of hydrogen-bond acceptors (Lipinski definition) is 4. The van der Waals surface area contributed by atoms with E-state index in [0.29, 0.717) is 21.2 Å². The predicted octanol–water partition coefficient (Wildman–Crippen LogP) is 3.38. The maximum absolute atomic E-state index is 12.1. The van der Waals surface area contributed by atoms with Crippen LogP contribution in [-0.4, -0.2) is 18.8 Å². The van der Waals surface area contributed by atoms with E-state index < -0.39 is 0 Å². The number of ether oxygens (including phenoxy) is 1. The summed E-state index contributed by atoms with van der Waals surface area (Å²) < 4.78 is 5.09. The monoisotopic (exact) mass is 287 g/mol. The quantitative estimate of drug-likeness (QED) is 0.677. The summed E-state index contributed by atoms with van der Waals surface area (Å²) in [5.41, 5.74) is 0.638. The van der Waals surface area contributed by atoms with E-state index in [-0.39, 0.29) is 11.7 Å². The van der Waals surface area contributed by atoms with Crippen molar-refractivity contribution < 1.29 is 14.3 Å². The van der Waals surface area contributed by atoms with Crippen molar-refractivity contribution in [2.45, 2.75) is 0 Å². The first-order valence-corrected chi connectivity index (χ1v) is 6.67. The number of benzene rings is 1. The van der Waals surface area contributed by atoms with Gasteiger partial charge in [0.1, 0.15) is 5.75 Å². The van der Waals surface area contributed by atoms with Crippen LogP contribution in [0.3, 0.4) is 0 Å². The molecule has 2 rings (SSSR count). The number of ketones is 1. The van der Waals surface area contributed by atoms with Gasteiger partial charge in [0.2, 0.25) is 0 Å². The first-order valence-electron chi connectivity index (χ1n) is 5.86. The normalized spacial score (nSPS) is 9.85. The van der Waals surface area contributed by atoms with E-state index in [1.165, 1.54) is 6.08 Å². The first-order chi connectivity index (χ1) is 9.63. The molecule has 1 heterocycles. The Bertz CT molecular complexity index is 661. The lowest BCUT2D eigenvalue weighted by Crippen LogP contribution is -2.10. The molecule has 102 valence electrons. The largest absolute Gasteiger partial charge is 0.497 e. The molecule has 1 aromatic heterocycles. The van der Waals surface area contributed by atoms with Gasteiger partial charge in [-0.15, -0.1) is 11.3 Å². The van der Waals surface area contributed by atoms with Gasteiger partial charge in [0.15, 0.2) is 5.78 Å². The van der Waals surface area contributed by atoms with Crippen molar-refractivity contribution in [3.63, 3.8) is 0 Å². The molecule has 0 fully saturated rings. The standard InChI is InChI=1S/C15H13NO3S/c1-3-12(17)13-7-8-14(20-13)15(18)16-10-5-4-6-11(9-10)19-2/h3-9H,1H2,2H3,(H,16,18). The van der Waals surface area contributed by atoms with Crippen molar-refractivity contribution in [1.82, 2.24) is 0 Å².